The van der Waals surface area contributed by atoms with Crippen LogP contribution in [-0.4, -0.2) is 4.98 Å². The van der Waals surface area contributed by atoms with Crippen LogP contribution in [0.3, 0.4) is 0 Å². The first-order valence-corrected chi connectivity index (χ1v) is 6.25. The minimum atomic E-state index is 0.362. The zero-order valence-electron chi connectivity index (χ0n) is 9.20. The molecule has 0 aliphatic rings. The third-order valence-corrected chi connectivity index (χ3v) is 3.22. The topological polar surface area (TPSA) is 38.9 Å². The van der Waals surface area contributed by atoms with Crippen molar-refractivity contribution in [3.05, 3.63) is 56.7 Å². The molecule has 0 aliphatic carbocycles. The molecule has 1 heterocycles. The molecule has 0 saturated heterocycles. The van der Waals surface area contributed by atoms with E-state index in [4.69, 9.17) is 40.5 Å². The molecule has 18 heavy (non-hydrogen) atoms. The lowest BCUT2D eigenvalue weighted by Gasteiger charge is -2.02. The molecule has 0 aliphatic heterocycles. The van der Waals surface area contributed by atoms with Gasteiger partial charge in [-0.2, -0.15) is 0 Å². The van der Waals surface area contributed by atoms with E-state index in [0.717, 1.165) is 11.1 Å². The lowest BCUT2D eigenvalue weighted by atomic mass is 10.1. The molecule has 0 atom stereocenters. The Bertz CT molecular complexity index is 589. The van der Waals surface area contributed by atoms with E-state index in [1.54, 1.807) is 42.5 Å². The number of hydrogen-bond donors (Lipinski definition) is 1. The Morgan fingerprint density at radius 3 is 2.22 bits per heavy atom. The summed E-state index contributed by atoms with van der Waals surface area (Å²) in [6, 6.07) is 8.80. The van der Waals surface area contributed by atoms with Crippen LogP contribution in [0.25, 0.3) is 12.2 Å². The molecule has 0 spiro atoms. The summed E-state index contributed by atoms with van der Waals surface area (Å²) < 4.78 is 0. The summed E-state index contributed by atoms with van der Waals surface area (Å²) in [5, 5.41) is 1.53. The molecule has 0 unspecified atom stereocenters. The summed E-state index contributed by atoms with van der Waals surface area (Å²) in [6.07, 6.45) is 3.59. The van der Waals surface area contributed by atoms with Crippen LogP contribution in [0, 0.1) is 0 Å². The second kappa shape index (κ2) is 5.61. The zero-order valence-corrected chi connectivity index (χ0v) is 11.5. The normalized spacial score (nSPS) is 11.1. The number of aromatic nitrogens is 1. The van der Waals surface area contributed by atoms with E-state index < -0.39 is 0 Å². The van der Waals surface area contributed by atoms with Crippen LogP contribution in [0.5, 0.6) is 0 Å². The molecule has 1 aromatic heterocycles. The van der Waals surface area contributed by atoms with Crippen molar-refractivity contribution >= 4 is 52.8 Å². The molecule has 2 aromatic rings. The third kappa shape index (κ3) is 2.96. The average Bonchev–Trinajstić information content (AvgIpc) is 2.31. The van der Waals surface area contributed by atoms with E-state index in [-0.39, 0.29) is 0 Å². The fourth-order valence-corrected chi connectivity index (χ4v) is 2.12. The number of hydrogen-bond acceptors (Lipinski definition) is 2. The Balaban J connectivity index is 2.36. The summed E-state index contributed by atoms with van der Waals surface area (Å²) in [7, 11) is 0. The van der Waals surface area contributed by atoms with Gasteiger partial charge in [0.15, 0.2) is 0 Å². The number of anilines is 1. The van der Waals surface area contributed by atoms with Gasteiger partial charge in [0.25, 0.3) is 0 Å². The van der Waals surface area contributed by atoms with E-state index in [2.05, 4.69) is 4.98 Å². The van der Waals surface area contributed by atoms with Gasteiger partial charge in [-0.1, -0.05) is 53.0 Å². The zero-order chi connectivity index (χ0) is 13.1. The van der Waals surface area contributed by atoms with Crippen molar-refractivity contribution in [3.63, 3.8) is 0 Å². The number of benzene rings is 1. The Morgan fingerprint density at radius 2 is 1.61 bits per heavy atom. The average molecular weight is 300 g/mol. The fraction of sp³-hybridized carbons (Fsp3) is 0. The van der Waals surface area contributed by atoms with Crippen LogP contribution in [0.1, 0.15) is 11.1 Å². The van der Waals surface area contributed by atoms with Crippen molar-refractivity contribution in [3.8, 4) is 0 Å². The molecule has 0 bridgehead atoms. The quantitative estimate of drug-likeness (QED) is 0.809. The SMILES string of the molecule is Nc1nc(Cl)ccc1/C=C/c1c(Cl)cccc1Cl. The Kier molecular flexibility index (Phi) is 4.12. The molecule has 2 rings (SSSR count). The molecule has 0 radical (unpaired) electrons. The maximum absolute atomic E-state index is 6.06. The van der Waals surface area contributed by atoms with Crippen LogP contribution < -0.4 is 5.73 Å². The van der Waals surface area contributed by atoms with E-state index in [1.807, 2.05) is 0 Å². The minimum absolute atomic E-state index is 0.362. The minimum Gasteiger partial charge on any atom is -0.383 e. The van der Waals surface area contributed by atoms with E-state index >= 15 is 0 Å². The van der Waals surface area contributed by atoms with Gasteiger partial charge in [-0.05, 0) is 24.3 Å². The number of nitrogens with two attached hydrogens (primary N) is 1. The molecule has 92 valence electrons. The summed E-state index contributed by atoms with van der Waals surface area (Å²) in [5.41, 5.74) is 7.25. The number of nitrogen functional groups attached to an aromatic ring is 1. The number of pyridine rings is 1. The van der Waals surface area contributed by atoms with Gasteiger partial charge in [-0.25, -0.2) is 4.98 Å². The van der Waals surface area contributed by atoms with Crippen LogP contribution in [0.4, 0.5) is 5.82 Å². The lowest BCUT2D eigenvalue weighted by Crippen LogP contribution is -1.93. The number of rotatable bonds is 2. The van der Waals surface area contributed by atoms with Crippen LogP contribution in [0.2, 0.25) is 15.2 Å². The second-order valence-corrected chi connectivity index (χ2v) is 4.78. The van der Waals surface area contributed by atoms with Gasteiger partial charge >= 0.3 is 0 Å². The third-order valence-electron chi connectivity index (χ3n) is 2.35. The Morgan fingerprint density at radius 1 is 0.944 bits per heavy atom. The molecule has 0 amide bonds. The smallest absolute Gasteiger partial charge is 0.132 e. The van der Waals surface area contributed by atoms with Gasteiger partial charge in [0.1, 0.15) is 11.0 Å². The fourth-order valence-electron chi connectivity index (χ4n) is 1.44. The lowest BCUT2D eigenvalue weighted by molar-refractivity contribution is 1.33. The van der Waals surface area contributed by atoms with Crippen molar-refractivity contribution in [1.29, 1.82) is 0 Å². The highest BCUT2D eigenvalue weighted by molar-refractivity contribution is 6.37. The van der Waals surface area contributed by atoms with Crippen LogP contribution in [0.15, 0.2) is 30.3 Å². The Hall–Kier alpha value is -1.22. The first kappa shape index (κ1) is 13.2. The predicted molar refractivity (Wildman–Crippen MR) is 79.0 cm³/mol. The Labute approximate surface area is 120 Å². The van der Waals surface area contributed by atoms with Gasteiger partial charge in [-0.15, -0.1) is 0 Å². The van der Waals surface area contributed by atoms with Gasteiger partial charge in [0, 0.05) is 21.2 Å². The monoisotopic (exact) mass is 298 g/mol. The highest BCUT2D eigenvalue weighted by Gasteiger charge is 2.02. The number of halogens is 3. The standard InChI is InChI=1S/C13H9Cl3N2/c14-10-2-1-3-11(15)9(10)6-4-8-5-7-12(16)18-13(8)17/h1-7H,(H2,17,18)/b6-4+. The molecule has 1 aromatic carbocycles. The first-order chi connectivity index (χ1) is 8.58. The predicted octanol–water partition coefficient (Wildman–Crippen LogP) is 4.79. The second-order valence-electron chi connectivity index (χ2n) is 3.58. The number of nitrogens with zero attached hydrogens (tertiary/aromatic N) is 1. The van der Waals surface area contributed by atoms with Gasteiger partial charge in [0.05, 0.1) is 0 Å². The maximum atomic E-state index is 6.06. The van der Waals surface area contributed by atoms with Crippen molar-refractivity contribution < 1.29 is 0 Å². The molecule has 2 N–H and O–H groups in total. The van der Waals surface area contributed by atoms with Crippen molar-refractivity contribution in [2.75, 3.05) is 5.73 Å². The van der Waals surface area contributed by atoms with E-state index in [0.29, 0.717) is 21.0 Å². The van der Waals surface area contributed by atoms with Crippen molar-refractivity contribution in [1.82, 2.24) is 4.98 Å². The van der Waals surface area contributed by atoms with Crippen LogP contribution in [-0.2, 0) is 0 Å². The highest BCUT2D eigenvalue weighted by Crippen LogP contribution is 2.27. The van der Waals surface area contributed by atoms with Crippen molar-refractivity contribution in [2.24, 2.45) is 0 Å². The summed E-state index contributed by atoms with van der Waals surface area (Å²) in [6.45, 7) is 0. The highest BCUT2D eigenvalue weighted by atomic mass is 35.5. The molecule has 2 nitrogen and oxygen atoms in total. The van der Waals surface area contributed by atoms with E-state index in [9.17, 15) is 0 Å². The van der Waals surface area contributed by atoms with Gasteiger partial charge < -0.3 is 5.73 Å². The van der Waals surface area contributed by atoms with Gasteiger partial charge in [0.2, 0.25) is 0 Å². The molecular formula is C13H9Cl3N2. The first-order valence-electron chi connectivity index (χ1n) is 5.12. The van der Waals surface area contributed by atoms with Crippen molar-refractivity contribution in [2.45, 2.75) is 0 Å². The largest absolute Gasteiger partial charge is 0.383 e. The molecule has 5 heteroatoms. The molecule has 0 fully saturated rings. The summed E-state index contributed by atoms with van der Waals surface area (Å²) >= 11 is 17.8. The van der Waals surface area contributed by atoms with E-state index in [1.165, 1.54) is 0 Å². The van der Waals surface area contributed by atoms with Gasteiger partial charge in [-0.3, -0.25) is 0 Å². The maximum Gasteiger partial charge on any atom is 0.132 e. The summed E-state index contributed by atoms with van der Waals surface area (Å²) in [5.74, 6) is 0.363. The summed E-state index contributed by atoms with van der Waals surface area (Å²) in [4.78, 5) is 3.96. The molecular weight excluding hydrogens is 291 g/mol. The van der Waals surface area contributed by atoms with Crippen LogP contribution >= 0.6 is 34.8 Å². The molecule has 0 saturated carbocycles.